The molecule has 52 valence electrons. The van der Waals surface area contributed by atoms with Gasteiger partial charge in [0, 0.05) is 12.3 Å². The van der Waals surface area contributed by atoms with Gasteiger partial charge in [0.2, 0.25) is 0 Å². The number of hydrogen-bond acceptors (Lipinski definition) is 1. The number of nitrogens with one attached hydrogen (secondary N) is 1. The summed E-state index contributed by atoms with van der Waals surface area (Å²) in [6.07, 6.45) is 1.81. The van der Waals surface area contributed by atoms with Gasteiger partial charge in [-0.15, -0.1) is 4.98 Å². The fourth-order valence-electron chi connectivity index (χ4n) is 0.986. The van der Waals surface area contributed by atoms with Gasteiger partial charge in [-0.25, -0.2) is 0 Å². The van der Waals surface area contributed by atoms with Crippen LogP contribution in [-0.2, 0) is 0 Å². The molecule has 0 saturated carbocycles. The maximum Gasteiger partial charge on any atom is 0.270 e. The molecule has 2 aromatic heterocycles. The van der Waals surface area contributed by atoms with Gasteiger partial charge < -0.3 is 9.83 Å². The average Bonchev–Trinajstić information content (AvgIpc) is 2.50. The van der Waals surface area contributed by atoms with Crippen molar-refractivity contribution in [2.75, 3.05) is 0 Å². The Hall–Kier alpha value is -1.82. The maximum atomic E-state index is 6.72. The lowest BCUT2D eigenvalue weighted by Gasteiger charge is -1.85. The number of aromatic amines is 1. The number of hydrogen-bond donors (Lipinski definition) is 1. The monoisotopic (exact) mass is 143 g/mol. The minimum atomic E-state index is 0.442. The van der Waals surface area contributed by atoms with E-state index in [1.807, 2.05) is 18.3 Å². The van der Waals surface area contributed by atoms with Gasteiger partial charge in [-0.05, 0) is 12.1 Å². The van der Waals surface area contributed by atoms with Crippen LogP contribution in [0.15, 0.2) is 24.4 Å². The third kappa shape index (κ3) is 0.849. The zero-order valence-electron chi connectivity index (χ0n) is 5.70. The van der Waals surface area contributed by atoms with Crippen LogP contribution in [0.5, 0.6) is 0 Å². The van der Waals surface area contributed by atoms with Crippen LogP contribution in [-0.4, -0.2) is 9.97 Å². The van der Waals surface area contributed by atoms with Gasteiger partial charge in [-0.3, -0.25) is 0 Å². The molecule has 0 amide bonds. The summed E-state index contributed by atoms with van der Waals surface area (Å²) in [5.74, 6) is 0.442. The molecule has 0 atom stereocenters. The van der Waals surface area contributed by atoms with Crippen molar-refractivity contribution < 1.29 is 0 Å². The smallest absolute Gasteiger partial charge is 0.270 e. The van der Waals surface area contributed by atoms with E-state index in [0.717, 1.165) is 11.0 Å². The van der Waals surface area contributed by atoms with Crippen LogP contribution in [0, 0.1) is 6.57 Å². The summed E-state index contributed by atoms with van der Waals surface area (Å²) >= 11 is 0. The molecule has 2 rings (SSSR count). The molecule has 0 aromatic carbocycles. The fourth-order valence-corrected chi connectivity index (χ4v) is 0.986. The first kappa shape index (κ1) is 5.93. The summed E-state index contributed by atoms with van der Waals surface area (Å²) in [6.45, 7) is 6.72. The topological polar surface area (TPSA) is 33.0 Å². The van der Waals surface area contributed by atoms with Gasteiger partial charge in [-0.2, -0.15) is 0 Å². The van der Waals surface area contributed by atoms with Gasteiger partial charge in [0.25, 0.3) is 5.82 Å². The number of fused-ring (bicyclic) bond motifs is 1. The Balaban J connectivity index is 2.79. The first-order valence-corrected chi connectivity index (χ1v) is 3.22. The van der Waals surface area contributed by atoms with Crippen molar-refractivity contribution in [2.24, 2.45) is 0 Å². The largest absolute Gasteiger partial charge is 0.361 e. The summed E-state index contributed by atoms with van der Waals surface area (Å²) in [4.78, 5) is 10.3. The molecule has 0 fully saturated rings. The number of H-pyrrole nitrogens is 1. The Kier molecular flexibility index (Phi) is 1.13. The van der Waals surface area contributed by atoms with Crippen LogP contribution in [0.4, 0.5) is 5.82 Å². The Morgan fingerprint density at radius 2 is 2.27 bits per heavy atom. The van der Waals surface area contributed by atoms with E-state index in [0.29, 0.717) is 5.82 Å². The highest BCUT2D eigenvalue weighted by Gasteiger charge is 1.99. The molecule has 0 aliphatic carbocycles. The number of aromatic nitrogens is 2. The molecule has 0 spiro atoms. The van der Waals surface area contributed by atoms with Crippen LogP contribution in [0.3, 0.4) is 0 Å². The molecule has 0 aliphatic heterocycles. The second-order valence-corrected chi connectivity index (χ2v) is 2.19. The summed E-state index contributed by atoms with van der Waals surface area (Å²) in [5.41, 5.74) is 1.82. The highest BCUT2D eigenvalue weighted by Crippen LogP contribution is 2.14. The minimum absolute atomic E-state index is 0.442. The normalized spacial score (nSPS) is 9.73. The predicted octanol–water partition coefficient (Wildman–Crippen LogP) is 2.11. The quantitative estimate of drug-likeness (QED) is 0.563. The van der Waals surface area contributed by atoms with Crippen LogP contribution in [0.1, 0.15) is 0 Å². The van der Waals surface area contributed by atoms with Gasteiger partial charge in [0.15, 0.2) is 5.52 Å². The molecule has 0 bridgehead atoms. The first-order valence-electron chi connectivity index (χ1n) is 3.22. The Morgan fingerprint density at radius 1 is 1.36 bits per heavy atom. The van der Waals surface area contributed by atoms with Gasteiger partial charge in [0.1, 0.15) is 0 Å². The Bertz CT molecular complexity index is 422. The molecule has 2 aromatic rings. The molecule has 3 nitrogen and oxygen atoms in total. The van der Waals surface area contributed by atoms with E-state index in [-0.39, 0.29) is 0 Å². The van der Waals surface area contributed by atoms with Crippen molar-refractivity contribution in [3.05, 3.63) is 35.8 Å². The fraction of sp³-hybridized carbons (Fsp3) is 0. The Morgan fingerprint density at radius 3 is 3.09 bits per heavy atom. The molecule has 11 heavy (non-hydrogen) atoms. The molecule has 2 heterocycles. The maximum absolute atomic E-state index is 6.72. The first-order chi connectivity index (χ1) is 5.40. The number of rotatable bonds is 0. The van der Waals surface area contributed by atoms with Crippen molar-refractivity contribution in [1.82, 2.24) is 9.97 Å². The molecule has 0 radical (unpaired) electrons. The molecular formula is C8H5N3. The Labute approximate surface area is 63.5 Å². The van der Waals surface area contributed by atoms with E-state index in [9.17, 15) is 0 Å². The highest BCUT2D eigenvalue weighted by molar-refractivity contribution is 5.76. The van der Waals surface area contributed by atoms with E-state index in [1.165, 1.54) is 0 Å². The molecule has 0 saturated heterocycles. The summed E-state index contributed by atoms with van der Waals surface area (Å²) < 4.78 is 0. The lowest BCUT2D eigenvalue weighted by molar-refractivity contribution is 1.43. The third-order valence-electron chi connectivity index (χ3n) is 1.50. The highest BCUT2D eigenvalue weighted by atomic mass is 14.9. The van der Waals surface area contributed by atoms with E-state index < -0.39 is 0 Å². The van der Waals surface area contributed by atoms with Crippen molar-refractivity contribution in [3.63, 3.8) is 0 Å². The van der Waals surface area contributed by atoms with Gasteiger partial charge >= 0.3 is 0 Å². The van der Waals surface area contributed by atoms with E-state index >= 15 is 0 Å². The third-order valence-corrected chi connectivity index (χ3v) is 1.50. The number of nitrogens with zero attached hydrogens (tertiary/aromatic N) is 2. The van der Waals surface area contributed by atoms with Crippen molar-refractivity contribution >= 4 is 16.9 Å². The second-order valence-electron chi connectivity index (χ2n) is 2.19. The molecule has 0 aliphatic rings. The van der Waals surface area contributed by atoms with E-state index in [2.05, 4.69) is 14.8 Å². The molecular weight excluding hydrogens is 138 g/mol. The van der Waals surface area contributed by atoms with Crippen LogP contribution in [0.25, 0.3) is 15.9 Å². The SMILES string of the molecule is [C-]#[N+]c1ccc2[nH]ccc2n1. The van der Waals surface area contributed by atoms with Gasteiger partial charge in [-0.1, -0.05) is 6.57 Å². The zero-order valence-corrected chi connectivity index (χ0v) is 5.70. The average molecular weight is 143 g/mol. The van der Waals surface area contributed by atoms with E-state index in [4.69, 9.17) is 6.57 Å². The van der Waals surface area contributed by atoms with E-state index in [1.54, 1.807) is 6.07 Å². The zero-order chi connectivity index (χ0) is 7.68. The van der Waals surface area contributed by atoms with Crippen LogP contribution >= 0.6 is 0 Å². The predicted molar refractivity (Wildman–Crippen MR) is 42.4 cm³/mol. The molecule has 0 unspecified atom stereocenters. The number of pyridine rings is 1. The standard InChI is InChI=1S/C8H5N3/c1-9-8-3-2-6-7(11-8)4-5-10-6/h2-5,10H. The molecule has 1 N–H and O–H groups in total. The summed E-state index contributed by atoms with van der Waals surface area (Å²) in [6, 6.07) is 5.41. The second kappa shape index (κ2) is 2.10. The van der Waals surface area contributed by atoms with Gasteiger partial charge in [0.05, 0.1) is 5.52 Å². The summed E-state index contributed by atoms with van der Waals surface area (Å²) in [7, 11) is 0. The lowest BCUT2D eigenvalue weighted by atomic mass is 10.4. The van der Waals surface area contributed by atoms with Crippen LogP contribution in [0.2, 0.25) is 0 Å². The minimum Gasteiger partial charge on any atom is -0.361 e. The van der Waals surface area contributed by atoms with Crippen molar-refractivity contribution in [2.45, 2.75) is 0 Å². The van der Waals surface area contributed by atoms with Crippen molar-refractivity contribution in [3.8, 4) is 0 Å². The van der Waals surface area contributed by atoms with Crippen molar-refractivity contribution in [1.29, 1.82) is 0 Å². The summed E-state index contributed by atoms with van der Waals surface area (Å²) in [5, 5.41) is 0. The van der Waals surface area contributed by atoms with Crippen LogP contribution < -0.4 is 0 Å². The lowest BCUT2D eigenvalue weighted by Crippen LogP contribution is -1.72. The molecule has 3 heteroatoms.